The van der Waals surface area contributed by atoms with Gasteiger partial charge in [0.1, 0.15) is 5.82 Å². The van der Waals surface area contributed by atoms with Gasteiger partial charge in [-0.3, -0.25) is 4.79 Å². The molecule has 1 aromatic heterocycles. The summed E-state index contributed by atoms with van der Waals surface area (Å²) in [7, 11) is 0. The number of aromatic nitrogens is 2. The highest BCUT2D eigenvalue weighted by atomic mass is 16.1. The van der Waals surface area contributed by atoms with Gasteiger partial charge >= 0.3 is 0 Å². The minimum Gasteiger partial charge on any atom is -0.330 e. The highest BCUT2D eigenvalue weighted by molar-refractivity contribution is 5.90. The van der Waals surface area contributed by atoms with Gasteiger partial charge in [0.15, 0.2) is 0 Å². The summed E-state index contributed by atoms with van der Waals surface area (Å²) in [6, 6.07) is 0. The fourth-order valence-corrected chi connectivity index (χ4v) is 0.812. The van der Waals surface area contributed by atoms with E-state index in [4.69, 9.17) is 5.73 Å². The maximum atomic E-state index is 11.1. The Hall–Kier alpha value is -1.49. The molecule has 0 spiro atoms. The zero-order valence-electron chi connectivity index (χ0n) is 7.45. The van der Waals surface area contributed by atoms with E-state index in [1.807, 2.05) is 0 Å². The van der Waals surface area contributed by atoms with E-state index < -0.39 is 0 Å². The fraction of sp³-hybridized carbons (Fsp3) is 0.375. The SMILES string of the molecule is Cc1ncc(NC(=O)CCN)cn1. The highest BCUT2D eigenvalue weighted by Crippen LogP contribution is 2.02. The standard InChI is InChI=1S/C8H12N4O/c1-6-10-4-7(5-11-6)12-8(13)2-3-9/h4-5H,2-3,9H2,1H3,(H,12,13). The van der Waals surface area contributed by atoms with Crippen LogP contribution in [0.3, 0.4) is 0 Å². The van der Waals surface area contributed by atoms with Crippen molar-refractivity contribution >= 4 is 11.6 Å². The van der Waals surface area contributed by atoms with Gasteiger partial charge in [-0.05, 0) is 6.92 Å². The number of carbonyl (C=O) groups excluding carboxylic acids is 1. The summed E-state index contributed by atoms with van der Waals surface area (Å²) < 4.78 is 0. The normalized spacial score (nSPS) is 9.69. The lowest BCUT2D eigenvalue weighted by atomic mass is 10.4. The van der Waals surface area contributed by atoms with Crippen molar-refractivity contribution in [3.8, 4) is 0 Å². The van der Waals surface area contributed by atoms with Crippen LogP contribution in [0, 0.1) is 6.92 Å². The van der Waals surface area contributed by atoms with Crippen molar-refractivity contribution < 1.29 is 4.79 Å². The summed E-state index contributed by atoms with van der Waals surface area (Å²) in [4.78, 5) is 18.9. The number of rotatable bonds is 3. The maximum absolute atomic E-state index is 11.1. The Morgan fingerprint density at radius 3 is 2.69 bits per heavy atom. The molecule has 0 unspecified atom stereocenters. The van der Waals surface area contributed by atoms with Crippen molar-refractivity contribution in [2.75, 3.05) is 11.9 Å². The predicted octanol–water partition coefficient (Wildman–Crippen LogP) is 0.0723. The van der Waals surface area contributed by atoms with Crippen LogP contribution in [0.25, 0.3) is 0 Å². The lowest BCUT2D eigenvalue weighted by molar-refractivity contribution is -0.116. The molecule has 0 aliphatic rings. The van der Waals surface area contributed by atoms with E-state index in [9.17, 15) is 4.79 Å². The van der Waals surface area contributed by atoms with Gasteiger partial charge in [0.25, 0.3) is 0 Å². The number of carbonyl (C=O) groups is 1. The Balaban J connectivity index is 2.54. The average molecular weight is 180 g/mol. The van der Waals surface area contributed by atoms with E-state index in [1.54, 1.807) is 19.3 Å². The Labute approximate surface area is 76.4 Å². The first-order valence-corrected chi connectivity index (χ1v) is 4.01. The Morgan fingerprint density at radius 2 is 2.15 bits per heavy atom. The molecule has 3 N–H and O–H groups in total. The number of aryl methyl sites for hydroxylation is 1. The molecule has 0 aromatic carbocycles. The van der Waals surface area contributed by atoms with Gasteiger partial charge in [0, 0.05) is 13.0 Å². The molecular formula is C8H12N4O. The molecule has 0 radical (unpaired) electrons. The van der Waals surface area contributed by atoms with Crippen LogP contribution in [-0.4, -0.2) is 22.4 Å². The van der Waals surface area contributed by atoms with Crippen molar-refractivity contribution in [2.45, 2.75) is 13.3 Å². The fourth-order valence-electron chi connectivity index (χ4n) is 0.812. The molecule has 0 saturated carbocycles. The molecule has 0 aliphatic heterocycles. The maximum Gasteiger partial charge on any atom is 0.225 e. The third-order valence-corrected chi connectivity index (χ3v) is 1.44. The average Bonchev–Trinajstić information content (AvgIpc) is 2.09. The molecule has 1 heterocycles. The van der Waals surface area contributed by atoms with Gasteiger partial charge in [0.2, 0.25) is 5.91 Å². The monoisotopic (exact) mass is 180 g/mol. The molecule has 0 fully saturated rings. The first-order chi connectivity index (χ1) is 6.22. The summed E-state index contributed by atoms with van der Waals surface area (Å²) in [5.74, 6) is 0.562. The van der Waals surface area contributed by atoms with Crippen molar-refractivity contribution in [1.29, 1.82) is 0 Å². The molecule has 0 aliphatic carbocycles. The molecule has 0 atom stereocenters. The predicted molar refractivity (Wildman–Crippen MR) is 49.1 cm³/mol. The smallest absolute Gasteiger partial charge is 0.225 e. The number of hydrogen-bond acceptors (Lipinski definition) is 4. The molecule has 5 nitrogen and oxygen atoms in total. The van der Waals surface area contributed by atoms with Crippen LogP contribution in [0.1, 0.15) is 12.2 Å². The summed E-state index contributed by atoms with van der Waals surface area (Å²) in [6.07, 6.45) is 3.45. The molecule has 70 valence electrons. The number of hydrogen-bond donors (Lipinski definition) is 2. The van der Waals surface area contributed by atoms with E-state index in [2.05, 4.69) is 15.3 Å². The number of nitrogens with two attached hydrogens (primary N) is 1. The molecule has 1 aromatic rings. The largest absolute Gasteiger partial charge is 0.330 e. The van der Waals surface area contributed by atoms with E-state index in [0.29, 0.717) is 24.5 Å². The van der Waals surface area contributed by atoms with E-state index >= 15 is 0 Å². The second kappa shape index (κ2) is 4.51. The Bertz CT molecular complexity index is 283. The molecule has 0 saturated heterocycles. The van der Waals surface area contributed by atoms with Gasteiger partial charge in [-0.25, -0.2) is 9.97 Å². The topological polar surface area (TPSA) is 80.9 Å². The zero-order valence-corrected chi connectivity index (χ0v) is 7.45. The number of amides is 1. The third kappa shape index (κ3) is 3.16. The Kier molecular flexibility index (Phi) is 3.33. The van der Waals surface area contributed by atoms with Gasteiger partial charge < -0.3 is 11.1 Å². The van der Waals surface area contributed by atoms with Crippen LogP contribution in [0.15, 0.2) is 12.4 Å². The molecule has 1 amide bonds. The second-order valence-corrected chi connectivity index (χ2v) is 2.61. The molecular weight excluding hydrogens is 168 g/mol. The van der Waals surface area contributed by atoms with E-state index in [-0.39, 0.29) is 5.91 Å². The number of nitrogens with zero attached hydrogens (tertiary/aromatic N) is 2. The van der Waals surface area contributed by atoms with Gasteiger partial charge in [-0.15, -0.1) is 0 Å². The minimum absolute atomic E-state index is 0.116. The highest BCUT2D eigenvalue weighted by Gasteiger charge is 2.00. The van der Waals surface area contributed by atoms with E-state index in [1.165, 1.54) is 0 Å². The van der Waals surface area contributed by atoms with Crippen molar-refractivity contribution in [3.63, 3.8) is 0 Å². The van der Waals surface area contributed by atoms with Gasteiger partial charge in [0.05, 0.1) is 18.1 Å². The second-order valence-electron chi connectivity index (χ2n) is 2.61. The first kappa shape index (κ1) is 9.60. The van der Waals surface area contributed by atoms with Crippen molar-refractivity contribution in [2.24, 2.45) is 5.73 Å². The molecule has 13 heavy (non-hydrogen) atoms. The minimum atomic E-state index is -0.116. The molecule has 0 bridgehead atoms. The summed E-state index contributed by atoms with van der Waals surface area (Å²) in [6.45, 7) is 2.13. The van der Waals surface area contributed by atoms with Crippen molar-refractivity contribution in [1.82, 2.24) is 9.97 Å². The van der Waals surface area contributed by atoms with Gasteiger partial charge in [-0.1, -0.05) is 0 Å². The lowest BCUT2D eigenvalue weighted by Crippen LogP contribution is -2.16. The van der Waals surface area contributed by atoms with Crippen LogP contribution in [-0.2, 0) is 4.79 Å². The summed E-state index contributed by atoms with van der Waals surface area (Å²) in [5.41, 5.74) is 5.82. The van der Waals surface area contributed by atoms with Crippen LogP contribution in [0.2, 0.25) is 0 Å². The van der Waals surface area contributed by atoms with E-state index in [0.717, 1.165) is 0 Å². The third-order valence-electron chi connectivity index (χ3n) is 1.44. The summed E-state index contributed by atoms with van der Waals surface area (Å²) >= 11 is 0. The quantitative estimate of drug-likeness (QED) is 0.689. The van der Waals surface area contributed by atoms with Crippen LogP contribution >= 0.6 is 0 Å². The molecule has 1 rings (SSSR count). The Morgan fingerprint density at radius 1 is 1.54 bits per heavy atom. The number of nitrogens with one attached hydrogen (secondary N) is 1. The first-order valence-electron chi connectivity index (χ1n) is 4.01. The zero-order chi connectivity index (χ0) is 9.68. The molecule has 5 heteroatoms. The van der Waals surface area contributed by atoms with Crippen LogP contribution in [0.4, 0.5) is 5.69 Å². The lowest BCUT2D eigenvalue weighted by Gasteiger charge is -2.02. The van der Waals surface area contributed by atoms with Crippen LogP contribution < -0.4 is 11.1 Å². The van der Waals surface area contributed by atoms with Crippen LogP contribution in [0.5, 0.6) is 0 Å². The van der Waals surface area contributed by atoms with Crippen molar-refractivity contribution in [3.05, 3.63) is 18.2 Å². The number of anilines is 1. The summed E-state index contributed by atoms with van der Waals surface area (Å²) in [5, 5.41) is 2.63. The van der Waals surface area contributed by atoms with Gasteiger partial charge in [-0.2, -0.15) is 0 Å².